The van der Waals surface area contributed by atoms with E-state index in [0.29, 0.717) is 11.8 Å². The van der Waals surface area contributed by atoms with Gasteiger partial charge < -0.3 is 15.3 Å². The smallest absolute Gasteiger partial charge is 0.0642 e. The number of hydrogen-bond donors (Lipinski definition) is 2. The van der Waals surface area contributed by atoms with Gasteiger partial charge in [-0.05, 0) is 49.4 Å². The minimum absolute atomic E-state index is 0.115. The van der Waals surface area contributed by atoms with Crippen molar-refractivity contribution in [3.05, 3.63) is 28.8 Å². The number of fused-ring (bicyclic) bond motifs is 1. The van der Waals surface area contributed by atoms with Gasteiger partial charge in [-0.2, -0.15) is 0 Å². The number of halogens is 1. The number of rotatable bonds is 5. The summed E-state index contributed by atoms with van der Waals surface area (Å²) < 4.78 is 0. The quantitative estimate of drug-likeness (QED) is 0.821. The Balaban J connectivity index is 1.66. The minimum Gasteiger partial charge on any atom is -0.393 e. The molecule has 116 valence electrons. The molecular weight excluding hydrogens is 284 g/mol. The van der Waals surface area contributed by atoms with Crippen LogP contribution in [0.2, 0.25) is 5.02 Å². The fraction of sp³-hybridized carbons (Fsp3) is 0.647. The number of benzene rings is 1. The Kier molecular flexibility index (Phi) is 4.72. The molecule has 0 spiro atoms. The lowest BCUT2D eigenvalue weighted by Gasteiger charge is -2.22. The molecule has 1 aromatic carbocycles. The fourth-order valence-corrected chi connectivity index (χ4v) is 4.08. The molecule has 2 N–H and O–H groups in total. The molecule has 3 nitrogen and oxygen atoms in total. The Morgan fingerprint density at radius 1 is 1.33 bits per heavy atom. The van der Waals surface area contributed by atoms with Crippen molar-refractivity contribution in [3.8, 4) is 0 Å². The molecule has 4 heteroatoms. The second-order valence-electron chi connectivity index (χ2n) is 6.44. The third-order valence-electron chi connectivity index (χ3n) is 4.93. The zero-order valence-corrected chi connectivity index (χ0v) is 13.4. The lowest BCUT2D eigenvalue weighted by Crippen LogP contribution is -2.24. The predicted molar refractivity (Wildman–Crippen MR) is 87.9 cm³/mol. The summed E-state index contributed by atoms with van der Waals surface area (Å²) in [4.78, 5) is 2.35. The summed E-state index contributed by atoms with van der Waals surface area (Å²) in [5, 5.41) is 14.3. The largest absolute Gasteiger partial charge is 0.393 e. The van der Waals surface area contributed by atoms with E-state index < -0.39 is 0 Å². The standard InChI is InChI=1S/C17H25ClN2O/c1-2-7-19-9-12-3-5-16(15(18)8-12)20-10-13-4-6-17(21)14(13)11-20/h3,5,8,13-14,17,19,21H,2,4,6-7,9-11H2,1H3. The molecule has 21 heavy (non-hydrogen) atoms. The highest BCUT2D eigenvalue weighted by atomic mass is 35.5. The van der Waals surface area contributed by atoms with Crippen LogP contribution in [0.25, 0.3) is 0 Å². The van der Waals surface area contributed by atoms with Gasteiger partial charge in [0.15, 0.2) is 0 Å². The van der Waals surface area contributed by atoms with Gasteiger partial charge in [0.25, 0.3) is 0 Å². The first-order valence-electron chi connectivity index (χ1n) is 8.11. The molecule has 2 fully saturated rings. The lowest BCUT2D eigenvalue weighted by molar-refractivity contribution is 0.133. The first-order valence-corrected chi connectivity index (χ1v) is 8.49. The van der Waals surface area contributed by atoms with Crippen molar-refractivity contribution >= 4 is 17.3 Å². The molecule has 3 atom stereocenters. The van der Waals surface area contributed by atoms with Gasteiger partial charge >= 0.3 is 0 Å². The van der Waals surface area contributed by atoms with Crippen molar-refractivity contribution < 1.29 is 5.11 Å². The summed E-state index contributed by atoms with van der Waals surface area (Å²) in [6.07, 6.45) is 3.15. The van der Waals surface area contributed by atoms with Crippen molar-refractivity contribution in [3.63, 3.8) is 0 Å². The maximum absolute atomic E-state index is 10.0. The zero-order valence-electron chi connectivity index (χ0n) is 12.7. The van der Waals surface area contributed by atoms with Crippen LogP contribution in [0.15, 0.2) is 18.2 Å². The van der Waals surface area contributed by atoms with E-state index in [1.54, 1.807) is 0 Å². The molecule has 3 rings (SSSR count). The maximum atomic E-state index is 10.0. The van der Waals surface area contributed by atoms with E-state index in [2.05, 4.69) is 35.3 Å². The number of aliphatic hydroxyl groups excluding tert-OH is 1. The summed E-state index contributed by atoms with van der Waals surface area (Å²) in [7, 11) is 0. The molecule has 3 unspecified atom stereocenters. The summed E-state index contributed by atoms with van der Waals surface area (Å²) >= 11 is 6.48. The first-order chi connectivity index (χ1) is 10.2. The van der Waals surface area contributed by atoms with E-state index in [0.717, 1.165) is 56.2 Å². The van der Waals surface area contributed by atoms with Crippen LogP contribution in [0.4, 0.5) is 5.69 Å². The van der Waals surface area contributed by atoms with E-state index in [-0.39, 0.29) is 6.10 Å². The van der Waals surface area contributed by atoms with Crippen molar-refractivity contribution in [2.24, 2.45) is 11.8 Å². The Morgan fingerprint density at radius 2 is 2.19 bits per heavy atom. The highest BCUT2D eigenvalue weighted by Gasteiger charge is 2.42. The van der Waals surface area contributed by atoms with Crippen molar-refractivity contribution in [2.75, 3.05) is 24.5 Å². The number of aliphatic hydroxyl groups is 1. The molecule has 1 saturated heterocycles. The van der Waals surface area contributed by atoms with Gasteiger partial charge in [-0.25, -0.2) is 0 Å². The monoisotopic (exact) mass is 308 g/mol. The highest BCUT2D eigenvalue weighted by Crippen LogP contribution is 2.41. The zero-order chi connectivity index (χ0) is 14.8. The Bertz CT molecular complexity index is 494. The van der Waals surface area contributed by atoms with E-state index in [4.69, 9.17) is 11.6 Å². The SMILES string of the molecule is CCCNCc1ccc(N2CC3CCC(O)C3C2)c(Cl)c1. The molecular formula is C17H25ClN2O. The van der Waals surface area contributed by atoms with E-state index >= 15 is 0 Å². The predicted octanol–water partition coefficient (Wildman–Crippen LogP) is 3.05. The molecule has 1 saturated carbocycles. The average molecular weight is 309 g/mol. The summed E-state index contributed by atoms with van der Waals surface area (Å²) in [5.41, 5.74) is 2.36. The normalized spacial score (nSPS) is 28.1. The second kappa shape index (κ2) is 6.55. The number of hydrogen-bond acceptors (Lipinski definition) is 3. The maximum Gasteiger partial charge on any atom is 0.0642 e. The van der Waals surface area contributed by atoms with Gasteiger partial charge in [-0.3, -0.25) is 0 Å². The van der Waals surface area contributed by atoms with Gasteiger partial charge in [0, 0.05) is 25.6 Å². The van der Waals surface area contributed by atoms with Gasteiger partial charge in [0.2, 0.25) is 0 Å². The van der Waals surface area contributed by atoms with Crippen LogP contribution in [0.5, 0.6) is 0 Å². The molecule has 1 aliphatic carbocycles. The average Bonchev–Trinajstić information content (AvgIpc) is 3.02. The Labute approximate surface area is 132 Å². The summed E-state index contributed by atoms with van der Waals surface area (Å²) in [6, 6.07) is 6.37. The summed E-state index contributed by atoms with van der Waals surface area (Å²) in [6.45, 7) is 6.06. The third kappa shape index (κ3) is 3.20. The Morgan fingerprint density at radius 3 is 2.90 bits per heavy atom. The van der Waals surface area contributed by atoms with Crippen LogP contribution in [0.3, 0.4) is 0 Å². The summed E-state index contributed by atoms with van der Waals surface area (Å²) in [5.74, 6) is 1.08. The van der Waals surface area contributed by atoms with Gasteiger partial charge in [0.1, 0.15) is 0 Å². The second-order valence-corrected chi connectivity index (χ2v) is 6.84. The van der Waals surface area contributed by atoms with E-state index in [9.17, 15) is 5.11 Å². The van der Waals surface area contributed by atoms with E-state index in [1.807, 2.05) is 0 Å². The molecule has 0 amide bonds. The van der Waals surface area contributed by atoms with E-state index in [1.165, 1.54) is 5.56 Å². The van der Waals surface area contributed by atoms with Crippen LogP contribution in [-0.4, -0.2) is 30.8 Å². The van der Waals surface area contributed by atoms with Gasteiger partial charge in [-0.1, -0.05) is 24.6 Å². The number of nitrogens with zero attached hydrogens (tertiary/aromatic N) is 1. The number of anilines is 1. The fourth-order valence-electron chi connectivity index (χ4n) is 3.76. The van der Waals surface area contributed by atoms with Crippen molar-refractivity contribution in [2.45, 2.75) is 38.8 Å². The Hall–Kier alpha value is -0.770. The third-order valence-corrected chi connectivity index (χ3v) is 5.23. The molecule has 2 aliphatic rings. The van der Waals surface area contributed by atoms with Crippen molar-refractivity contribution in [1.82, 2.24) is 5.32 Å². The van der Waals surface area contributed by atoms with Crippen LogP contribution < -0.4 is 10.2 Å². The topological polar surface area (TPSA) is 35.5 Å². The molecule has 0 aromatic heterocycles. The van der Waals surface area contributed by atoms with Crippen LogP contribution in [0, 0.1) is 11.8 Å². The van der Waals surface area contributed by atoms with Crippen LogP contribution >= 0.6 is 11.6 Å². The first kappa shape index (κ1) is 15.1. The molecule has 0 radical (unpaired) electrons. The van der Waals surface area contributed by atoms with Crippen molar-refractivity contribution in [1.29, 1.82) is 0 Å². The van der Waals surface area contributed by atoms with Gasteiger partial charge in [0.05, 0.1) is 16.8 Å². The molecule has 0 bridgehead atoms. The lowest BCUT2D eigenvalue weighted by atomic mass is 10.00. The van der Waals surface area contributed by atoms with Crippen LogP contribution in [0.1, 0.15) is 31.7 Å². The van der Waals surface area contributed by atoms with Gasteiger partial charge in [-0.15, -0.1) is 0 Å². The highest BCUT2D eigenvalue weighted by molar-refractivity contribution is 6.33. The molecule has 1 heterocycles. The minimum atomic E-state index is -0.115. The molecule has 1 aliphatic heterocycles. The van der Waals surface area contributed by atoms with Crippen LogP contribution in [-0.2, 0) is 6.54 Å². The molecule has 1 aromatic rings. The number of nitrogens with one attached hydrogen (secondary N) is 1.